The van der Waals surface area contributed by atoms with E-state index >= 15 is 0 Å². The second-order valence-electron chi connectivity index (χ2n) is 6.87. The number of fused-ring (bicyclic) bond motifs is 1. The maximum Gasteiger partial charge on any atom is 0.274 e. The summed E-state index contributed by atoms with van der Waals surface area (Å²) in [6.45, 7) is 4.29. The number of aryl methyl sites for hydroxylation is 2. The number of aromatic nitrogens is 2. The van der Waals surface area contributed by atoms with Crippen LogP contribution in [0.5, 0.6) is 5.75 Å². The van der Waals surface area contributed by atoms with Gasteiger partial charge in [-0.1, -0.05) is 23.7 Å². The Hall–Kier alpha value is -3.31. The molecule has 0 radical (unpaired) electrons. The lowest BCUT2D eigenvalue weighted by Gasteiger charge is -2.09. The van der Waals surface area contributed by atoms with Gasteiger partial charge in [0.1, 0.15) is 23.7 Å². The topological polar surface area (TPSA) is 55.6 Å². The van der Waals surface area contributed by atoms with Crippen molar-refractivity contribution < 1.29 is 9.53 Å². The Kier molecular flexibility index (Phi) is 5.23. The summed E-state index contributed by atoms with van der Waals surface area (Å²) in [5, 5.41) is 3.63. The van der Waals surface area contributed by atoms with Gasteiger partial charge in [-0.15, -0.1) is 0 Å². The molecule has 0 atom stereocenters. The van der Waals surface area contributed by atoms with E-state index in [0.29, 0.717) is 28.7 Å². The van der Waals surface area contributed by atoms with E-state index in [-0.39, 0.29) is 5.91 Å². The van der Waals surface area contributed by atoms with Gasteiger partial charge in [-0.05, 0) is 73.5 Å². The maximum atomic E-state index is 12.8. The molecule has 0 saturated carbocycles. The average molecular weight is 406 g/mol. The molecule has 6 heteroatoms. The summed E-state index contributed by atoms with van der Waals surface area (Å²) in [5.41, 5.74) is 4.81. The van der Waals surface area contributed by atoms with E-state index in [1.807, 2.05) is 80.7 Å². The molecule has 0 bridgehead atoms. The lowest BCUT2D eigenvalue weighted by Crippen LogP contribution is -2.15. The van der Waals surface area contributed by atoms with Gasteiger partial charge in [0, 0.05) is 16.9 Å². The van der Waals surface area contributed by atoms with Gasteiger partial charge in [0.05, 0.1) is 5.69 Å². The maximum absolute atomic E-state index is 12.8. The van der Waals surface area contributed by atoms with Crippen LogP contribution in [-0.4, -0.2) is 15.3 Å². The van der Waals surface area contributed by atoms with Crippen molar-refractivity contribution in [3.8, 4) is 5.75 Å². The van der Waals surface area contributed by atoms with Crippen LogP contribution in [-0.2, 0) is 6.61 Å². The van der Waals surface area contributed by atoms with Gasteiger partial charge in [-0.2, -0.15) is 0 Å². The fourth-order valence-electron chi connectivity index (χ4n) is 3.11. The molecule has 0 aliphatic rings. The van der Waals surface area contributed by atoms with Crippen molar-refractivity contribution in [1.29, 1.82) is 0 Å². The standard InChI is InChI=1S/C23H20ClN3O2/c1-15-11-12-27-21(13-15)25-16(2)22(27)23(28)26-19-7-9-20(10-8-19)29-14-17-3-5-18(24)6-4-17/h3-13H,14H2,1-2H3,(H,26,28). The van der Waals surface area contributed by atoms with Crippen molar-refractivity contribution in [3.63, 3.8) is 0 Å². The molecule has 1 amide bonds. The van der Waals surface area contributed by atoms with Crippen LogP contribution < -0.4 is 10.1 Å². The van der Waals surface area contributed by atoms with Crippen molar-refractivity contribution >= 4 is 28.8 Å². The van der Waals surface area contributed by atoms with Gasteiger partial charge >= 0.3 is 0 Å². The molecular weight excluding hydrogens is 386 g/mol. The number of halogens is 1. The van der Waals surface area contributed by atoms with Gasteiger partial charge in [0.2, 0.25) is 0 Å². The van der Waals surface area contributed by atoms with Crippen LogP contribution in [0.2, 0.25) is 5.02 Å². The number of rotatable bonds is 5. The van der Waals surface area contributed by atoms with Crippen LogP contribution in [0.3, 0.4) is 0 Å². The minimum Gasteiger partial charge on any atom is -0.489 e. The molecule has 4 rings (SSSR count). The second-order valence-corrected chi connectivity index (χ2v) is 7.31. The molecule has 1 N–H and O–H groups in total. The van der Waals surface area contributed by atoms with Gasteiger partial charge in [0.25, 0.3) is 5.91 Å². The zero-order valence-corrected chi connectivity index (χ0v) is 16.9. The van der Waals surface area contributed by atoms with E-state index in [9.17, 15) is 4.79 Å². The highest BCUT2D eigenvalue weighted by Gasteiger charge is 2.16. The highest BCUT2D eigenvalue weighted by atomic mass is 35.5. The first-order chi connectivity index (χ1) is 14.0. The number of nitrogens with one attached hydrogen (secondary N) is 1. The minimum absolute atomic E-state index is 0.200. The molecule has 0 fully saturated rings. The summed E-state index contributed by atoms with van der Waals surface area (Å²) in [5.74, 6) is 0.521. The number of carbonyl (C=O) groups is 1. The predicted molar refractivity (Wildman–Crippen MR) is 115 cm³/mol. The molecule has 0 spiro atoms. The number of ether oxygens (including phenoxy) is 1. The Morgan fingerprint density at radius 1 is 1.07 bits per heavy atom. The molecule has 0 aliphatic heterocycles. The van der Waals surface area contributed by atoms with E-state index in [1.54, 1.807) is 4.40 Å². The average Bonchev–Trinajstić information content (AvgIpc) is 3.03. The number of imidazole rings is 1. The van der Waals surface area contributed by atoms with Crippen LogP contribution in [0.4, 0.5) is 5.69 Å². The quantitative estimate of drug-likeness (QED) is 0.481. The van der Waals surface area contributed by atoms with Crippen LogP contribution in [0.1, 0.15) is 27.3 Å². The molecule has 2 heterocycles. The number of anilines is 1. The monoisotopic (exact) mass is 405 g/mol. The zero-order valence-electron chi connectivity index (χ0n) is 16.1. The van der Waals surface area contributed by atoms with Crippen LogP contribution in [0.25, 0.3) is 5.65 Å². The predicted octanol–water partition coefficient (Wildman–Crippen LogP) is 5.44. The highest BCUT2D eigenvalue weighted by Crippen LogP contribution is 2.20. The molecule has 2 aromatic carbocycles. The number of carbonyl (C=O) groups excluding carboxylic acids is 1. The Labute approximate surface area is 173 Å². The lowest BCUT2D eigenvalue weighted by atomic mass is 10.2. The Morgan fingerprint density at radius 2 is 1.79 bits per heavy atom. The fraction of sp³-hybridized carbons (Fsp3) is 0.130. The van der Waals surface area contributed by atoms with Gasteiger partial charge < -0.3 is 10.1 Å². The summed E-state index contributed by atoms with van der Waals surface area (Å²) in [6.07, 6.45) is 1.87. The Bertz CT molecular complexity index is 1170. The van der Waals surface area contributed by atoms with Crippen LogP contribution in [0, 0.1) is 13.8 Å². The SMILES string of the molecule is Cc1ccn2c(C(=O)Nc3ccc(OCc4ccc(Cl)cc4)cc3)c(C)nc2c1. The normalized spacial score (nSPS) is 10.9. The first-order valence-corrected chi connectivity index (χ1v) is 9.61. The second kappa shape index (κ2) is 7.97. The molecule has 29 heavy (non-hydrogen) atoms. The third-order valence-electron chi connectivity index (χ3n) is 4.60. The Morgan fingerprint density at radius 3 is 2.52 bits per heavy atom. The number of amides is 1. The Balaban J connectivity index is 1.44. The van der Waals surface area contributed by atoms with Gasteiger partial charge in [-0.3, -0.25) is 9.20 Å². The zero-order chi connectivity index (χ0) is 20.4. The fourth-order valence-corrected chi connectivity index (χ4v) is 3.24. The van der Waals surface area contributed by atoms with Gasteiger partial charge in [0.15, 0.2) is 0 Å². The number of pyridine rings is 1. The van der Waals surface area contributed by atoms with E-state index in [1.165, 1.54) is 0 Å². The first-order valence-electron chi connectivity index (χ1n) is 9.23. The van der Waals surface area contributed by atoms with E-state index < -0.39 is 0 Å². The number of nitrogens with zero attached hydrogens (tertiary/aromatic N) is 2. The smallest absolute Gasteiger partial charge is 0.274 e. The van der Waals surface area contributed by atoms with Crippen LogP contribution >= 0.6 is 11.6 Å². The number of benzene rings is 2. The summed E-state index contributed by atoms with van der Waals surface area (Å²) in [7, 11) is 0. The first kappa shape index (κ1) is 19.0. The molecule has 5 nitrogen and oxygen atoms in total. The third-order valence-corrected chi connectivity index (χ3v) is 4.85. The van der Waals surface area contributed by atoms with E-state index in [0.717, 1.165) is 22.5 Å². The lowest BCUT2D eigenvalue weighted by molar-refractivity contribution is 0.102. The molecule has 4 aromatic rings. The van der Waals surface area contributed by atoms with Crippen molar-refractivity contribution in [2.45, 2.75) is 20.5 Å². The molecule has 0 saturated heterocycles. The minimum atomic E-state index is -0.200. The largest absolute Gasteiger partial charge is 0.489 e. The molecule has 0 aliphatic carbocycles. The van der Waals surface area contributed by atoms with E-state index in [4.69, 9.17) is 16.3 Å². The van der Waals surface area contributed by atoms with Crippen molar-refractivity contribution in [1.82, 2.24) is 9.38 Å². The summed E-state index contributed by atoms with van der Waals surface area (Å²) < 4.78 is 7.59. The molecule has 146 valence electrons. The van der Waals surface area contributed by atoms with Crippen LogP contribution in [0.15, 0.2) is 66.9 Å². The summed E-state index contributed by atoms with van der Waals surface area (Å²) in [4.78, 5) is 17.3. The summed E-state index contributed by atoms with van der Waals surface area (Å²) in [6, 6.07) is 18.7. The van der Waals surface area contributed by atoms with Crippen molar-refractivity contribution in [2.75, 3.05) is 5.32 Å². The molecule has 0 unspecified atom stereocenters. The number of hydrogen-bond donors (Lipinski definition) is 1. The molecular formula is C23H20ClN3O2. The van der Waals surface area contributed by atoms with Gasteiger partial charge in [-0.25, -0.2) is 4.98 Å². The van der Waals surface area contributed by atoms with Crippen molar-refractivity contribution in [3.05, 3.63) is 94.4 Å². The van der Waals surface area contributed by atoms with E-state index in [2.05, 4.69) is 10.3 Å². The highest BCUT2D eigenvalue weighted by molar-refractivity contribution is 6.30. The summed E-state index contributed by atoms with van der Waals surface area (Å²) >= 11 is 5.89. The molecule has 2 aromatic heterocycles. The third kappa shape index (κ3) is 4.25. The van der Waals surface area contributed by atoms with Crippen molar-refractivity contribution in [2.24, 2.45) is 0 Å². The number of hydrogen-bond acceptors (Lipinski definition) is 3.